The van der Waals surface area contributed by atoms with Crippen LogP contribution in [0.4, 0.5) is 0 Å². The van der Waals surface area contributed by atoms with Crippen molar-refractivity contribution < 1.29 is 27.4 Å². The number of hydrogen-bond donors (Lipinski definition) is 1. The van der Waals surface area contributed by atoms with Crippen molar-refractivity contribution in [2.75, 3.05) is 26.9 Å². The monoisotopic (exact) mass is 317 g/mol. The zero-order chi connectivity index (χ0) is 15.9. The fraction of sp³-hybridized carbons (Fsp3) is 0.462. The summed E-state index contributed by atoms with van der Waals surface area (Å²) in [5.41, 5.74) is -0.000448. The molecule has 0 saturated carbocycles. The minimum absolute atomic E-state index is 0.000448. The molecule has 1 aromatic carbocycles. The molecule has 118 valence electrons. The molecule has 0 aliphatic heterocycles. The van der Waals surface area contributed by atoms with Crippen LogP contribution in [0.3, 0.4) is 0 Å². The van der Waals surface area contributed by atoms with Crippen molar-refractivity contribution >= 4 is 16.0 Å². The lowest BCUT2D eigenvalue weighted by molar-refractivity contribution is 0.0315. The van der Waals surface area contributed by atoms with E-state index in [1.54, 1.807) is 0 Å². The molecule has 0 amide bonds. The van der Waals surface area contributed by atoms with E-state index in [0.29, 0.717) is 6.61 Å². The molecule has 0 radical (unpaired) electrons. The molecule has 0 fully saturated rings. The standard InChI is InChI=1S/C13H19NO6S/c1-3-6-19-7-8-20-13(15)11-9-10(21(14,16)17)4-5-12(11)18-2/h4-5,9H,3,6-8H2,1-2H3,(H2,14,16,17). The summed E-state index contributed by atoms with van der Waals surface area (Å²) in [6.45, 7) is 2.90. The Hall–Kier alpha value is -1.64. The number of benzene rings is 1. The zero-order valence-electron chi connectivity index (χ0n) is 12.0. The first-order valence-electron chi connectivity index (χ1n) is 6.35. The molecule has 8 heteroatoms. The first-order chi connectivity index (χ1) is 9.90. The molecule has 2 N–H and O–H groups in total. The molecule has 1 rings (SSSR count). The number of hydrogen-bond acceptors (Lipinski definition) is 6. The van der Waals surface area contributed by atoms with Gasteiger partial charge in [0.1, 0.15) is 17.9 Å². The van der Waals surface area contributed by atoms with Gasteiger partial charge in [-0.2, -0.15) is 0 Å². The molecule has 0 aliphatic carbocycles. The van der Waals surface area contributed by atoms with E-state index >= 15 is 0 Å². The fourth-order valence-electron chi connectivity index (χ4n) is 1.54. The second-order valence-electron chi connectivity index (χ2n) is 4.16. The number of ether oxygens (including phenoxy) is 3. The molecule has 0 aromatic heterocycles. The lowest BCUT2D eigenvalue weighted by Gasteiger charge is -2.10. The Morgan fingerprint density at radius 1 is 1.24 bits per heavy atom. The van der Waals surface area contributed by atoms with Crippen LogP contribution in [0.5, 0.6) is 5.75 Å². The van der Waals surface area contributed by atoms with Crippen LogP contribution in [0.1, 0.15) is 23.7 Å². The predicted octanol–water partition coefficient (Wildman–Crippen LogP) is 0.926. The Balaban J connectivity index is 2.82. The van der Waals surface area contributed by atoms with Gasteiger partial charge in [0.2, 0.25) is 10.0 Å². The summed E-state index contributed by atoms with van der Waals surface area (Å²) in [7, 11) is -2.54. The highest BCUT2D eigenvalue weighted by molar-refractivity contribution is 7.89. The summed E-state index contributed by atoms with van der Waals surface area (Å²) in [6, 6.07) is 3.74. The van der Waals surface area contributed by atoms with Crippen molar-refractivity contribution in [3.63, 3.8) is 0 Å². The molecule has 0 spiro atoms. The van der Waals surface area contributed by atoms with Crippen LogP contribution < -0.4 is 9.88 Å². The highest BCUT2D eigenvalue weighted by Crippen LogP contribution is 2.22. The number of carbonyl (C=O) groups excluding carboxylic acids is 1. The van der Waals surface area contributed by atoms with Crippen molar-refractivity contribution in [1.82, 2.24) is 0 Å². The predicted molar refractivity (Wildman–Crippen MR) is 75.8 cm³/mol. The molecule has 0 heterocycles. The third kappa shape index (κ3) is 5.33. The number of sulfonamides is 1. The molecule has 7 nitrogen and oxygen atoms in total. The SMILES string of the molecule is CCCOCCOC(=O)c1cc(S(N)(=O)=O)ccc1OC. The summed E-state index contributed by atoms with van der Waals surface area (Å²) in [6.07, 6.45) is 0.873. The van der Waals surface area contributed by atoms with Crippen LogP contribution in [0, 0.1) is 0 Å². The molecule has 0 atom stereocenters. The second-order valence-corrected chi connectivity index (χ2v) is 5.72. The number of nitrogens with two attached hydrogens (primary N) is 1. The van der Waals surface area contributed by atoms with Gasteiger partial charge < -0.3 is 14.2 Å². The maximum atomic E-state index is 11.9. The maximum absolute atomic E-state index is 11.9. The highest BCUT2D eigenvalue weighted by atomic mass is 32.2. The second kappa shape index (κ2) is 7.96. The number of primary sulfonamides is 1. The molecule has 1 aromatic rings. The van der Waals surface area contributed by atoms with E-state index in [1.165, 1.54) is 19.2 Å². The Kier molecular flexibility index (Phi) is 6.60. The summed E-state index contributed by atoms with van der Waals surface area (Å²) in [5, 5.41) is 5.03. The number of rotatable bonds is 8. The topological polar surface area (TPSA) is 105 Å². The lowest BCUT2D eigenvalue weighted by Crippen LogP contribution is -2.15. The van der Waals surface area contributed by atoms with Crippen LogP contribution in [0.2, 0.25) is 0 Å². The summed E-state index contributed by atoms with van der Waals surface area (Å²) in [5.74, 6) is -0.487. The van der Waals surface area contributed by atoms with E-state index in [0.717, 1.165) is 12.5 Å². The average molecular weight is 317 g/mol. The van der Waals surface area contributed by atoms with Gasteiger partial charge in [0.15, 0.2) is 0 Å². The average Bonchev–Trinajstić information content (AvgIpc) is 2.45. The normalized spacial score (nSPS) is 11.2. The summed E-state index contributed by atoms with van der Waals surface area (Å²) >= 11 is 0. The van der Waals surface area contributed by atoms with E-state index < -0.39 is 16.0 Å². The van der Waals surface area contributed by atoms with Crippen molar-refractivity contribution in [3.8, 4) is 5.75 Å². The van der Waals surface area contributed by atoms with Crippen molar-refractivity contribution in [1.29, 1.82) is 0 Å². The summed E-state index contributed by atoms with van der Waals surface area (Å²) < 4.78 is 37.8. The van der Waals surface area contributed by atoms with Gasteiger partial charge >= 0.3 is 5.97 Å². The molecule has 21 heavy (non-hydrogen) atoms. The molecular formula is C13H19NO6S. The number of carbonyl (C=O) groups is 1. The Bertz CT molecular complexity index is 584. The van der Waals surface area contributed by atoms with Gasteiger partial charge in [0.25, 0.3) is 0 Å². The van der Waals surface area contributed by atoms with E-state index in [1.807, 2.05) is 6.92 Å². The van der Waals surface area contributed by atoms with Crippen molar-refractivity contribution in [2.24, 2.45) is 5.14 Å². The quantitative estimate of drug-likeness (QED) is 0.565. The van der Waals surface area contributed by atoms with E-state index in [2.05, 4.69) is 0 Å². The molecular weight excluding hydrogens is 298 g/mol. The van der Waals surface area contributed by atoms with Crippen molar-refractivity contribution in [3.05, 3.63) is 23.8 Å². The van der Waals surface area contributed by atoms with Crippen LogP contribution >= 0.6 is 0 Å². The fourth-order valence-corrected chi connectivity index (χ4v) is 2.08. The van der Waals surface area contributed by atoms with Gasteiger partial charge in [-0.15, -0.1) is 0 Å². The maximum Gasteiger partial charge on any atom is 0.342 e. The summed E-state index contributed by atoms with van der Waals surface area (Å²) in [4.78, 5) is 11.8. The van der Waals surface area contributed by atoms with Crippen LogP contribution in [-0.2, 0) is 19.5 Å². The lowest BCUT2D eigenvalue weighted by atomic mass is 10.2. The van der Waals surface area contributed by atoms with Gasteiger partial charge in [-0.1, -0.05) is 6.92 Å². The van der Waals surface area contributed by atoms with E-state index in [4.69, 9.17) is 19.3 Å². The van der Waals surface area contributed by atoms with Gasteiger partial charge in [-0.05, 0) is 24.6 Å². The first-order valence-corrected chi connectivity index (χ1v) is 7.90. The van der Waals surface area contributed by atoms with Crippen LogP contribution in [-0.4, -0.2) is 41.3 Å². The number of methoxy groups -OCH3 is 1. The third-order valence-electron chi connectivity index (χ3n) is 2.53. The van der Waals surface area contributed by atoms with E-state index in [9.17, 15) is 13.2 Å². The van der Waals surface area contributed by atoms with Gasteiger partial charge in [0, 0.05) is 6.61 Å². The Morgan fingerprint density at radius 3 is 2.52 bits per heavy atom. The molecule has 0 bridgehead atoms. The van der Waals surface area contributed by atoms with Gasteiger partial charge in [-0.3, -0.25) is 0 Å². The minimum atomic E-state index is -3.90. The first kappa shape index (κ1) is 17.4. The zero-order valence-corrected chi connectivity index (χ0v) is 12.8. The van der Waals surface area contributed by atoms with Gasteiger partial charge in [-0.25, -0.2) is 18.4 Å². The number of esters is 1. The molecule has 0 aliphatic rings. The van der Waals surface area contributed by atoms with Crippen LogP contribution in [0.15, 0.2) is 23.1 Å². The Morgan fingerprint density at radius 2 is 1.95 bits per heavy atom. The van der Waals surface area contributed by atoms with E-state index in [-0.39, 0.29) is 29.4 Å². The largest absolute Gasteiger partial charge is 0.496 e. The smallest absolute Gasteiger partial charge is 0.342 e. The Labute approximate surface area is 124 Å². The third-order valence-corrected chi connectivity index (χ3v) is 3.44. The van der Waals surface area contributed by atoms with Crippen LogP contribution in [0.25, 0.3) is 0 Å². The molecule has 0 saturated heterocycles. The highest BCUT2D eigenvalue weighted by Gasteiger charge is 2.18. The van der Waals surface area contributed by atoms with Gasteiger partial charge in [0.05, 0.1) is 18.6 Å². The van der Waals surface area contributed by atoms with Crippen molar-refractivity contribution in [2.45, 2.75) is 18.2 Å². The molecule has 0 unspecified atom stereocenters. The minimum Gasteiger partial charge on any atom is -0.496 e.